The van der Waals surface area contributed by atoms with Crippen molar-refractivity contribution in [2.45, 2.75) is 32.9 Å². The Morgan fingerprint density at radius 1 is 1.27 bits per heavy atom. The summed E-state index contributed by atoms with van der Waals surface area (Å²) >= 11 is 0. The van der Waals surface area contributed by atoms with Crippen molar-refractivity contribution in [2.75, 3.05) is 31.9 Å². The number of nitrogens with zero attached hydrogens (tertiary/aromatic N) is 2. The maximum absolute atomic E-state index is 13.4. The highest BCUT2D eigenvalue weighted by Gasteiger charge is 2.25. The minimum atomic E-state index is -0.476. The number of benzene rings is 1. The third-order valence-electron chi connectivity index (χ3n) is 3.50. The van der Waals surface area contributed by atoms with Gasteiger partial charge in [-0.05, 0) is 38.5 Å². The number of carbonyl (C=O) groups is 1. The number of amides is 1. The summed E-state index contributed by atoms with van der Waals surface area (Å²) in [4.78, 5) is 15.9. The topological polar surface area (TPSA) is 58.8 Å². The molecule has 2 rings (SSSR count). The smallest absolute Gasteiger partial charge is 0.410 e. The number of hydrogen-bond donors (Lipinski definition) is 1. The Kier molecular flexibility index (Phi) is 4.90. The summed E-state index contributed by atoms with van der Waals surface area (Å²) in [5.41, 5.74) is 6.05. The lowest BCUT2D eigenvalue weighted by Crippen LogP contribution is -2.49. The van der Waals surface area contributed by atoms with Gasteiger partial charge in [0.15, 0.2) is 0 Å². The predicted octanol–water partition coefficient (Wildman–Crippen LogP) is 2.46. The Hall–Kier alpha value is -1.82. The van der Waals surface area contributed by atoms with Crippen molar-refractivity contribution in [1.29, 1.82) is 0 Å². The molecule has 0 radical (unpaired) electrons. The van der Waals surface area contributed by atoms with E-state index < -0.39 is 5.60 Å². The molecule has 0 spiro atoms. The molecule has 1 aromatic rings. The highest BCUT2D eigenvalue weighted by Crippen LogP contribution is 2.16. The molecule has 0 saturated carbocycles. The van der Waals surface area contributed by atoms with E-state index in [1.165, 1.54) is 6.07 Å². The first-order valence-electron chi connectivity index (χ1n) is 7.49. The molecule has 122 valence electrons. The molecule has 1 fully saturated rings. The van der Waals surface area contributed by atoms with Crippen molar-refractivity contribution < 1.29 is 13.9 Å². The zero-order chi connectivity index (χ0) is 16.3. The molecule has 6 heteroatoms. The zero-order valence-electron chi connectivity index (χ0n) is 13.4. The molecule has 0 bridgehead atoms. The van der Waals surface area contributed by atoms with E-state index in [0.29, 0.717) is 19.6 Å². The fraction of sp³-hybridized carbons (Fsp3) is 0.562. The number of halogens is 1. The SMILES string of the molecule is CC(C)(C)OC(=O)N1CCN(Cc2ccc(N)c(F)c2)CC1. The van der Waals surface area contributed by atoms with Crippen LogP contribution in [0.25, 0.3) is 0 Å². The van der Waals surface area contributed by atoms with E-state index in [1.54, 1.807) is 11.0 Å². The minimum Gasteiger partial charge on any atom is -0.444 e. The second-order valence-corrected chi connectivity index (χ2v) is 6.60. The van der Waals surface area contributed by atoms with E-state index in [9.17, 15) is 9.18 Å². The number of hydrogen-bond acceptors (Lipinski definition) is 4. The van der Waals surface area contributed by atoms with Crippen LogP contribution in [0.2, 0.25) is 0 Å². The van der Waals surface area contributed by atoms with Gasteiger partial charge in [0.25, 0.3) is 0 Å². The van der Waals surface area contributed by atoms with Gasteiger partial charge in [-0.3, -0.25) is 4.90 Å². The highest BCUT2D eigenvalue weighted by atomic mass is 19.1. The van der Waals surface area contributed by atoms with Gasteiger partial charge in [0.1, 0.15) is 11.4 Å². The first kappa shape index (κ1) is 16.5. The van der Waals surface area contributed by atoms with Gasteiger partial charge in [0.2, 0.25) is 0 Å². The first-order chi connectivity index (χ1) is 10.2. The second-order valence-electron chi connectivity index (χ2n) is 6.60. The molecule has 5 nitrogen and oxygen atoms in total. The van der Waals surface area contributed by atoms with Crippen LogP contribution in [0.5, 0.6) is 0 Å². The maximum atomic E-state index is 13.4. The van der Waals surface area contributed by atoms with Crippen LogP contribution < -0.4 is 5.73 Å². The van der Waals surface area contributed by atoms with Crippen molar-refractivity contribution in [3.05, 3.63) is 29.6 Å². The second kappa shape index (κ2) is 6.52. The molecule has 0 atom stereocenters. The summed E-state index contributed by atoms with van der Waals surface area (Å²) in [6.07, 6.45) is -0.273. The van der Waals surface area contributed by atoms with Gasteiger partial charge >= 0.3 is 6.09 Å². The van der Waals surface area contributed by atoms with Crippen molar-refractivity contribution in [3.63, 3.8) is 0 Å². The number of piperazine rings is 1. The maximum Gasteiger partial charge on any atom is 0.410 e. The van der Waals surface area contributed by atoms with Gasteiger partial charge in [-0.2, -0.15) is 0 Å². The van der Waals surface area contributed by atoms with Crippen LogP contribution >= 0.6 is 0 Å². The van der Waals surface area contributed by atoms with Crippen LogP contribution in [0.3, 0.4) is 0 Å². The molecule has 1 heterocycles. The van der Waals surface area contributed by atoms with Crippen LogP contribution in [-0.4, -0.2) is 47.7 Å². The van der Waals surface area contributed by atoms with Gasteiger partial charge in [-0.1, -0.05) is 6.07 Å². The first-order valence-corrected chi connectivity index (χ1v) is 7.49. The number of nitrogen functional groups attached to an aromatic ring is 1. The molecule has 1 aliphatic heterocycles. The Morgan fingerprint density at radius 2 is 1.91 bits per heavy atom. The molecule has 1 saturated heterocycles. The lowest BCUT2D eigenvalue weighted by molar-refractivity contribution is 0.0139. The minimum absolute atomic E-state index is 0.165. The van der Waals surface area contributed by atoms with Gasteiger partial charge in [-0.15, -0.1) is 0 Å². The third-order valence-corrected chi connectivity index (χ3v) is 3.50. The lowest BCUT2D eigenvalue weighted by Gasteiger charge is -2.35. The van der Waals surface area contributed by atoms with Crippen molar-refractivity contribution in [2.24, 2.45) is 0 Å². The van der Waals surface area contributed by atoms with Crippen LogP contribution in [0.15, 0.2) is 18.2 Å². The monoisotopic (exact) mass is 309 g/mol. The summed E-state index contributed by atoms with van der Waals surface area (Å²) in [5.74, 6) is -0.384. The molecular weight excluding hydrogens is 285 g/mol. The largest absolute Gasteiger partial charge is 0.444 e. The number of anilines is 1. The fourth-order valence-electron chi connectivity index (χ4n) is 2.34. The zero-order valence-corrected chi connectivity index (χ0v) is 13.4. The summed E-state index contributed by atoms with van der Waals surface area (Å²) in [6.45, 7) is 8.94. The quantitative estimate of drug-likeness (QED) is 0.853. The van der Waals surface area contributed by atoms with Gasteiger partial charge in [-0.25, -0.2) is 9.18 Å². The molecule has 0 aromatic heterocycles. The van der Waals surface area contributed by atoms with E-state index in [4.69, 9.17) is 10.5 Å². The Balaban J connectivity index is 1.84. The summed E-state index contributed by atoms with van der Waals surface area (Å²) < 4.78 is 18.8. The molecule has 1 amide bonds. The van der Waals surface area contributed by atoms with Crippen LogP contribution in [0, 0.1) is 5.82 Å². The lowest BCUT2D eigenvalue weighted by atomic mass is 10.1. The summed E-state index contributed by atoms with van der Waals surface area (Å²) in [7, 11) is 0. The molecule has 22 heavy (non-hydrogen) atoms. The Labute approximate surface area is 130 Å². The molecule has 2 N–H and O–H groups in total. The third kappa shape index (κ3) is 4.59. The Bertz CT molecular complexity index is 535. The molecule has 1 aliphatic rings. The van der Waals surface area contributed by atoms with E-state index in [2.05, 4.69) is 4.90 Å². The molecule has 0 aliphatic carbocycles. The molecule has 0 unspecified atom stereocenters. The van der Waals surface area contributed by atoms with E-state index in [-0.39, 0.29) is 17.6 Å². The number of ether oxygens (including phenoxy) is 1. The average molecular weight is 309 g/mol. The van der Waals surface area contributed by atoms with E-state index >= 15 is 0 Å². The Morgan fingerprint density at radius 3 is 2.45 bits per heavy atom. The highest BCUT2D eigenvalue weighted by molar-refractivity contribution is 5.68. The van der Waals surface area contributed by atoms with Crippen LogP contribution in [-0.2, 0) is 11.3 Å². The normalized spacial score (nSPS) is 16.6. The standard InChI is InChI=1S/C16H24FN3O2/c1-16(2,3)22-15(21)20-8-6-19(7-9-20)11-12-4-5-14(18)13(17)10-12/h4-5,10H,6-9,11,18H2,1-3H3. The van der Waals surface area contributed by atoms with E-state index in [1.807, 2.05) is 26.8 Å². The number of carbonyl (C=O) groups excluding carboxylic acids is 1. The van der Waals surface area contributed by atoms with E-state index in [0.717, 1.165) is 18.7 Å². The van der Waals surface area contributed by atoms with Crippen molar-refractivity contribution >= 4 is 11.8 Å². The van der Waals surface area contributed by atoms with Crippen molar-refractivity contribution in [3.8, 4) is 0 Å². The summed E-state index contributed by atoms with van der Waals surface area (Å²) in [6, 6.07) is 4.88. The van der Waals surface area contributed by atoms with Gasteiger partial charge in [0, 0.05) is 32.7 Å². The van der Waals surface area contributed by atoms with Gasteiger partial charge in [0.05, 0.1) is 5.69 Å². The molecule has 1 aromatic carbocycles. The van der Waals surface area contributed by atoms with Gasteiger partial charge < -0.3 is 15.4 Å². The average Bonchev–Trinajstić information content (AvgIpc) is 2.42. The van der Waals surface area contributed by atoms with Crippen LogP contribution in [0.4, 0.5) is 14.9 Å². The summed E-state index contributed by atoms with van der Waals surface area (Å²) in [5, 5.41) is 0. The molecular formula is C16H24FN3O2. The van der Waals surface area contributed by atoms with Crippen LogP contribution in [0.1, 0.15) is 26.3 Å². The number of nitrogens with two attached hydrogens (primary N) is 1. The predicted molar refractivity (Wildman–Crippen MR) is 83.9 cm³/mol. The fourth-order valence-corrected chi connectivity index (χ4v) is 2.34. The van der Waals surface area contributed by atoms with Crippen molar-refractivity contribution in [1.82, 2.24) is 9.80 Å². The number of rotatable bonds is 2.